The minimum Gasteiger partial charge on any atom is -1.00 e. The fraction of sp³-hybridized carbons (Fsp3) is 0.294. The molecule has 1 atom stereocenters. The largest absolute Gasteiger partial charge is 1.00 e. The maximum atomic E-state index is 12.9. The van der Waals surface area contributed by atoms with Crippen molar-refractivity contribution in [2.75, 3.05) is 0 Å². The van der Waals surface area contributed by atoms with Crippen molar-refractivity contribution in [3.63, 3.8) is 0 Å². The highest BCUT2D eigenvalue weighted by Gasteiger charge is 2.28. The van der Waals surface area contributed by atoms with E-state index < -0.39 is 0 Å². The Balaban J connectivity index is 0.00000144. The zero-order valence-electron chi connectivity index (χ0n) is 12.3. The Morgan fingerprint density at radius 3 is 3.05 bits per heavy atom. The number of aromatic amines is 1. The second-order valence-electron chi connectivity index (χ2n) is 5.80. The van der Waals surface area contributed by atoms with E-state index in [1.54, 1.807) is 6.33 Å². The molecular formula is C17H17ClN3O-. The van der Waals surface area contributed by atoms with Gasteiger partial charge in [0.15, 0.2) is 5.78 Å². The van der Waals surface area contributed by atoms with Gasteiger partial charge < -0.3 is 22.0 Å². The monoisotopic (exact) mass is 314 g/mol. The average molecular weight is 315 g/mol. The Labute approximate surface area is 135 Å². The predicted octanol–water partition coefficient (Wildman–Crippen LogP) is -0.107. The number of imidazole rings is 1. The minimum atomic E-state index is 0. The first-order chi connectivity index (χ1) is 10.2. The lowest BCUT2D eigenvalue weighted by Crippen LogP contribution is -3.00. The van der Waals surface area contributed by atoms with Crippen molar-refractivity contribution in [1.82, 2.24) is 14.5 Å². The van der Waals surface area contributed by atoms with Gasteiger partial charge >= 0.3 is 0 Å². The van der Waals surface area contributed by atoms with E-state index in [9.17, 15) is 4.79 Å². The quantitative estimate of drug-likeness (QED) is 0.671. The number of para-hydroxylation sites is 1. The zero-order valence-corrected chi connectivity index (χ0v) is 13.1. The summed E-state index contributed by atoms with van der Waals surface area (Å²) in [5, 5.41) is 1.06. The summed E-state index contributed by atoms with van der Waals surface area (Å²) >= 11 is 0. The van der Waals surface area contributed by atoms with Gasteiger partial charge in [0.2, 0.25) is 0 Å². The van der Waals surface area contributed by atoms with Crippen molar-refractivity contribution in [3.05, 3.63) is 53.7 Å². The van der Waals surface area contributed by atoms with Gasteiger partial charge in [0.05, 0.1) is 12.0 Å². The highest BCUT2D eigenvalue weighted by atomic mass is 35.5. The van der Waals surface area contributed by atoms with Crippen molar-refractivity contribution in [2.24, 2.45) is 13.0 Å². The first-order valence-corrected chi connectivity index (χ1v) is 7.33. The van der Waals surface area contributed by atoms with Gasteiger partial charge in [0.1, 0.15) is 0 Å². The van der Waals surface area contributed by atoms with Gasteiger partial charge in [-0.25, -0.2) is 4.98 Å². The second-order valence-corrected chi connectivity index (χ2v) is 5.80. The van der Waals surface area contributed by atoms with Gasteiger partial charge in [-0.05, 0) is 25.3 Å². The van der Waals surface area contributed by atoms with Crippen LogP contribution in [0.3, 0.4) is 0 Å². The third-order valence-corrected chi connectivity index (χ3v) is 4.52. The Bertz CT molecular complexity index is 833. The molecule has 2 heterocycles. The van der Waals surface area contributed by atoms with E-state index in [1.165, 1.54) is 0 Å². The highest BCUT2D eigenvalue weighted by Crippen LogP contribution is 2.29. The lowest BCUT2D eigenvalue weighted by Gasteiger charge is -2.19. The molecule has 0 unspecified atom stereocenters. The number of Topliss-reactive ketones (excluding diaryl/α,β-unsaturated/α-hetero) is 1. The summed E-state index contributed by atoms with van der Waals surface area (Å²) < 4.78 is 2.03. The number of fused-ring (bicyclic) bond motifs is 2. The summed E-state index contributed by atoms with van der Waals surface area (Å²) in [6.45, 7) is 0. The molecule has 1 aliphatic carbocycles. The molecule has 4 nitrogen and oxygen atoms in total. The third-order valence-electron chi connectivity index (χ3n) is 4.52. The molecule has 1 aromatic carbocycles. The van der Waals surface area contributed by atoms with Crippen molar-refractivity contribution in [2.45, 2.75) is 19.3 Å². The molecule has 22 heavy (non-hydrogen) atoms. The minimum absolute atomic E-state index is 0. The fourth-order valence-corrected chi connectivity index (χ4v) is 3.38. The molecule has 1 N–H and O–H groups in total. The van der Waals surface area contributed by atoms with Gasteiger partial charge in [-0.2, -0.15) is 0 Å². The number of benzene rings is 1. The van der Waals surface area contributed by atoms with Crippen LogP contribution in [0.2, 0.25) is 0 Å². The van der Waals surface area contributed by atoms with Crippen molar-refractivity contribution in [1.29, 1.82) is 0 Å². The number of carbonyl (C=O) groups is 1. The molecule has 0 fully saturated rings. The van der Waals surface area contributed by atoms with E-state index in [4.69, 9.17) is 0 Å². The van der Waals surface area contributed by atoms with Gasteiger partial charge in [-0.15, -0.1) is 0 Å². The normalized spacial score (nSPS) is 17.0. The molecule has 0 bridgehead atoms. The van der Waals surface area contributed by atoms with Gasteiger partial charge in [-0.1, -0.05) is 18.2 Å². The van der Waals surface area contributed by atoms with Crippen molar-refractivity contribution in [3.8, 4) is 0 Å². The summed E-state index contributed by atoms with van der Waals surface area (Å²) in [6, 6.07) is 8.09. The van der Waals surface area contributed by atoms with E-state index in [0.717, 1.165) is 47.1 Å². The summed E-state index contributed by atoms with van der Waals surface area (Å²) in [6.07, 6.45) is 6.25. The number of hydrogen-bond acceptors (Lipinski definition) is 2. The average Bonchev–Trinajstić information content (AvgIpc) is 3.11. The molecule has 3 aromatic rings. The van der Waals surface area contributed by atoms with Gasteiger partial charge in [-0.3, -0.25) is 4.79 Å². The fourth-order valence-electron chi connectivity index (χ4n) is 3.38. The van der Waals surface area contributed by atoms with Crippen LogP contribution in [0.25, 0.3) is 10.9 Å². The van der Waals surface area contributed by atoms with Crippen LogP contribution in [-0.2, 0) is 19.9 Å². The number of hydrogen-bond donors (Lipinski definition) is 1. The van der Waals surface area contributed by atoms with Crippen molar-refractivity contribution >= 4 is 16.7 Å². The molecule has 0 aliphatic heterocycles. The van der Waals surface area contributed by atoms with Crippen LogP contribution in [0.15, 0.2) is 36.8 Å². The topological polar surface area (TPSA) is 50.7 Å². The smallest absolute Gasteiger partial charge is 0.168 e. The van der Waals surface area contributed by atoms with Crippen LogP contribution in [-0.4, -0.2) is 20.3 Å². The molecule has 0 saturated carbocycles. The van der Waals surface area contributed by atoms with Crippen LogP contribution in [0.1, 0.15) is 28.2 Å². The van der Waals surface area contributed by atoms with E-state index in [0.29, 0.717) is 0 Å². The molecule has 0 spiro atoms. The van der Waals surface area contributed by atoms with Crippen LogP contribution in [0.4, 0.5) is 0 Å². The van der Waals surface area contributed by atoms with Crippen LogP contribution >= 0.6 is 0 Å². The maximum absolute atomic E-state index is 12.9. The number of halogens is 1. The number of nitrogens with one attached hydrogen (secondary N) is 1. The Morgan fingerprint density at radius 2 is 2.18 bits per heavy atom. The van der Waals surface area contributed by atoms with E-state index >= 15 is 0 Å². The molecule has 0 amide bonds. The number of nitrogens with zero attached hydrogens (tertiary/aromatic N) is 2. The molecule has 4 rings (SSSR count). The molecule has 0 radical (unpaired) electrons. The summed E-state index contributed by atoms with van der Waals surface area (Å²) in [7, 11) is 1.99. The SMILES string of the molecule is Cn1cc(C(=O)[C@@H]2CCc3nc[nH]c3C2)c2ccccc21.[Cl-]. The highest BCUT2D eigenvalue weighted by molar-refractivity contribution is 6.09. The number of aromatic nitrogens is 3. The Morgan fingerprint density at radius 1 is 1.36 bits per heavy atom. The number of H-pyrrole nitrogens is 1. The number of rotatable bonds is 2. The Kier molecular flexibility index (Phi) is 3.79. The van der Waals surface area contributed by atoms with E-state index in [-0.39, 0.29) is 24.1 Å². The molecule has 114 valence electrons. The molecule has 0 saturated heterocycles. The first kappa shape index (κ1) is 14.9. The molecule has 1 aliphatic rings. The van der Waals surface area contributed by atoms with Crippen molar-refractivity contribution < 1.29 is 17.2 Å². The summed E-state index contributed by atoms with van der Waals surface area (Å²) in [4.78, 5) is 20.4. The number of carbonyl (C=O) groups excluding carboxylic acids is 1. The summed E-state index contributed by atoms with van der Waals surface area (Å²) in [5.41, 5.74) is 4.21. The maximum Gasteiger partial charge on any atom is 0.168 e. The standard InChI is InChI=1S/C17H17N3O.ClH/c1-20-9-13(12-4-2-3-5-16(12)20)17(21)11-6-7-14-15(8-11)19-10-18-14;/h2-5,9-11H,6-8H2,1H3,(H,18,19);1H/p-1/t11-;/m1./s1. The third kappa shape index (κ3) is 2.24. The van der Waals surface area contributed by atoms with E-state index in [1.807, 2.05) is 36.0 Å². The molecular weight excluding hydrogens is 298 g/mol. The lowest BCUT2D eigenvalue weighted by molar-refractivity contribution is -0.0000124. The molecule has 5 heteroatoms. The second kappa shape index (κ2) is 5.61. The number of ketones is 1. The van der Waals surface area contributed by atoms with E-state index in [2.05, 4.69) is 16.0 Å². The number of aryl methyl sites for hydroxylation is 2. The zero-order chi connectivity index (χ0) is 14.4. The summed E-state index contributed by atoms with van der Waals surface area (Å²) in [5.74, 6) is 0.316. The predicted molar refractivity (Wildman–Crippen MR) is 81.4 cm³/mol. The van der Waals surface area contributed by atoms with Crippen LogP contribution in [0.5, 0.6) is 0 Å². The lowest BCUT2D eigenvalue weighted by atomic mass is 9.84. The molecule has 2 aromatic heterocycles. The van der Waals surface area contributed by atoms with Gasteiger partial charge in [0.25, 0.3) is 0 Å². The first-order valence-electron chi connectivity index (χ1n) is 7.33. The van der Waals surface area contributed by atoms with Crippen LogP contribution < -0.4 is 12.4 Å². The van der Waals surface area contributed by atoms with Crippen LogP contribution in [0, 0.1) is 5.92 Å². The Hall–Kier alpha value is -2.07. The van der Waals surface area contributed by atoms with Gasteiger partial charge in [0, 0.05) is 41.3 Å².